The summed E-state index contributed by atoms with van der Waals surface area (Å²) in [5, 5.41) is 0. The van der Waals surface area contributed by atoms with Crippen LogP contribution in [0.15, 0.2) is 83.8 Å². The molecule has 0 aromatic heterocycles. The van der Waals surface area contributed by atoms with Crippen LogP contribution in [0.5, 0.6) is 5.75 Å². The molecule has 26 heavy (non-hydrogen) atoms. The quantitative estimate of drug-likeness (QED) is 0.714. The first-order chi connectivity index (χ1) is 12.5. The van der Waals surface area contributed by atoms with Gasteiger partial charge in [-0.1, -0.05) is 60.2 Å². The van der Waals surface area contributed by atoms with Crippen LogP contribution < -0.4 is 9.46 Å². The van der Waals surface area contributed by atoms with E-state index in [0.29, 0.717) is 5.75 Å². The van der Waals surface area contributed by atoms with Crippen LogP contribution in [0.4, 0.5) is 0 Å². The van der Waals surface area contributed by atoms with Crippen LogP contribution in [0.1, 0.15) is 22.7 Å². The van der Waals surface area contributed by atoms with Gasteiger partial charge in [0.15, 0.2) is 0 Å². The van der Waals surface area contributed by atoms with E-state index in [9.17, 15) is 8.42 Å². The number of ether oxygens (including phenoxy) is 1. The second-order valence-electron chi connectivity index (χ2n) is 6.05. The number of hydrogen-bond donors (Lipinski definition) is 1. The van der Waals surface area contributed by atoms with E-state index in [1.807, 2.05) is 61.5 Å². The first kappa shape index (κ1) is 18.2. The Hall–Kier alpha value is -2.63. The number of rotatable bonds is 6. The number of methoxy groups -OCH3 is 1. The number of aryl methyl sites for hydroxylation is 1. The number of nitrogens with one attached hydrogen (secondary N) is 1. The summed E-state index contributed by atoms with van der Waals surface area (Å²) in [6.07, 6.45) is 0. The summed E-state index contributed by atoms with van der Waals surface area (Å²) >= 11 is 0. The van der Waals surface area contributed by atoms with E-state index in [2.05, 4.69) is 4.72 Å². The molecule has 0 aliphatic heterocycles. The number of hydrogen-bond acceptors (Lipinski definition) is 3. The summed E-state index contributed by atoms with van der Waals surface area (Å²) in [5.41, 5.74) is 2.89. The molecule has 4 nitrogen and oxygen atoms in total. The zero-order chi connectivity index (χ0) is 18.6. The van der Waals surface area contributed by atoms with Gasteiger partial charge in [0.2, 0.25) is 10.0 Å². The number of sulfonamides is 1. The molecule has 0 aliphatic carbocycles. The summed E-state index contributed by atoms with van der Waals surface area (Å²) in [6.45, 7) is 2.00. The second-order valence-corrected chi connectivity index (χ2v) is 7.77. The van der Waals surface area contributed by atoms with Crippen LogP contribution in [0.25, 0.3) is 0 Å². The molecule has 134 valence electrons. The zero-order valence-corrected chi connectivity index (χ0v) is 15.5. The Balaban J connectivity index is 1.98. The highest BCUT2D eigenvalue weighted by atomic mass is 32.2. The minimum absolute atomic E-state index is 0.200. The maximum atomic E-state index is 12.9. The van der Waals surface area contributed by atoms with E-state index in [1.54, 1.807) is 31.4 Å². The van der Waals surface area contributed by atoms with Gasteiger partial charge in [0, 0.05) is 0 Å². The van der Waals surface area contributed by atoms with Crippen LogP contribution in [0.3, 0.4) is 0 Å². The summed E-state index contributed by atoms with van der Waals surface area (Å²) in [4.78, 5) is 0.200. The minimum atomic E-state index is -3.70. The Morgan fingerprint density at radius 3 is 1.96 bits per heavy atom. The maximum Gasteiger partial charge on any atom is 0.241 e. The van der Waals surface area contributed by atoms with Gasteiger partial charge in [-0.25, -0.2) is 8.42 Å². The number of benzene rings is 3. The SMILES string of the molecule is COc1ccc(S(=O)(=O)NC(c2ccccc2)c2ccc(C)cc2)cc1. The molecule has 0 amide bonds. The molecule has 0 saturated heterocycles. The van der Waals surface area contributed by atoms with E-state index < -0.39 is 16.1 Å². The van der Waals surface area contributed by atoms with Crippen molar-refractivity contribution in [1.82, 2.24) is 4.72 Å². The van der Waals surface area contributed by atoms with Crippen molar-refractivity contribution in [1.29, 1.82) is 0 Å². The fraction of sp³-hybridized carbons (Fsp3) is 0.143. The molecule has 0 heterocycles. The van der Waals surface area contributed by atoms with Gasteiger partial charge in [-0.2, -0.15) is 4.72 Å². The van der Waals surface area contributed by atoms with E-state index in [4.69, 9.17) is 4.74 Å². The molecule has 1 atom stereocenters. The van der Waals surface area contributed by atoms with Crippen molar-refractivity contribution >= 4 is 10.0 Å². The maximum absolute atomic E-state index is 12.9. The van der Waals surface area contributed by atoms with Crippen LogP contribution in [0, 0.1) is 6.92 Å². The van der Waals surface area contributed by atoms with Crippen LogP contribution in [-0.4, -0.2) is 15.5 Å². The fourth-order valence-corrected chi connectivity index (χ4v) is 3.92. The van der Waals surface area contributed by atoms with Crippen molar-refractivity contribution in [3.63, 3.8) is 0 Å². The third-order valence-corrected chi connectivity index (χ3v) is 5.63. The van der Waals surface area contributed by atoms with E-state index >= 15 is 0 Å². The Morgan fingerprint density at radius 1 is 0.808 bits per heavy atom. The van der Waals surface area contributed by atoms with Crippen molar-refractivity contribution in [3.8, 4) is 5.75 Å². The molecule has 5 heteroatoms. The van der Waals surface area contributed by atoms with Crippen LogP contribution in [0.2, 0.25) is 0 Å². The molecule has 3 aromatic carbocycles. The largest absolute Gasteiger partial charge is 0.497 e. The molecule has 0 fully saturated rings. The van der Waals surface area contributed by atoms with Gasteiger partial charge in [0.25, 0.3) is 0 Å². The molecular weight excluding hydrogens is 346 g/mol. The lowest BCUT2D eigenvalue weighted by Crippen LogP contribution is -2.29. The lowest BCUT2D eigenvalue weighted by atomic mass is 9.99. The normalized spacial score (nSPS) is 12.5. The highest BCUT2D eigenvalue weighted by molar-refractivity contribution is 7.89. The lowest BCUT2D eigenvalue weighted by molar-refractivity contribution is 0.414. The highest BCUT2D eigenvalue weighted by Crippen LogP contribution is 2.25. The molecule has 0 saturated carbocycles. The van der Waals surface area contributed by atoms with Crippen LogP contribution in [-0.2, 0) is 10.0 Å². The van der Waals surface area contributed by atoms with E-state index in [1.165, 1.54) is 0 Å². The van der Waals surface area contributed by atoms with Gasteiger partial charge in [-0.15, -0.1) is 0 Å². The molecule has 3 rings (SSSR count). The topological polar surface area (TPSA) is 55.4 Å². The molecular formula is C21H21NO3S. The third kappa shape index (κ3) is 4.12. The smallest absolute Gasteiger partial charge is 0.241 e. The zero-order valence-electron chi connectivity index (χ0n) is 14.7. The highest BCUT2D eigenvalue weighted by Gasteiger charge is 2.22. The Bertz CT molecular complexity index is 950. The summed E-state index contributed by atoms with van der Waals surface area (Å²) in [6, 6.07) is 23.3. The lowest BCUT2D eigenvalue weighted by Gasteiger charge is -2.20. The molecule has 1 N–H and O–H groups in total. The van der Waals surface area contributed by atoms with Gasteiger partial charge >= 0.3 is 0 Å². The van der Waals surface area contributed by atoms with Gasteiger partial charge in [-0.3, -0.25) is 0 Å². The van der Waals surface area contributed by atoms with Gasteiger partial charge in [0.05, 0.1) is 18.0 Å². The van der Waals surface area contributed by atoms with Crippen molar-refractivity contribution in [2.45, 2.75) is 17.9 Å². The summed E-state index contributed by atoms with van der Waals surface area (Å²) < 4.78 is 33.7. The second kappa shape index (κ2) is 7.72. The first-order valence-corrected chi connectivity index (χ1v) is 9.76. The molecule has 3 aromatic rings. The summed E-state index contributed by atoms with van der Waals surface area (Å²) in [7, 11) is -2.15. The Kier molecular flexibility index (Phi) is 5.40. The standard InChI is InChI=1S/C21H21NO3S/c1-16-8-10-18(11-9-16)21(17-6-4-3-5-7-17)22-26(23,24)20-14-12-19(25-2)13-15-20/h3-15,21-22H,1-2H3. The molecule has 0 radical (unpaired) electrons. The van der Waals surface area contributed by atoms with Crippen LogP contribution >= 0.6 is 0 Å². The predicted octanol–water partition coefficient (Wildman–Crippen LogP) is 4.07. The molecule has 1 unspecified atom stereocenters. The first-order valence-electron chi connectivity index (χ1n) is 8.27. The van der Waals surface area contributed by atoms with Gasteiger partial charge in [-0.05, 0) is 42.3 Å². The predicted molar refractivity (Wildman–Crippen MR) is 103 cm³/mol. The van der Waals surface area contributed by atoms with Crippen molar-refractivity contribution < 1.29 is 13.2 Å². The summed E-state index contributed by atoms with van der Waals surface area (Å²) in [5.74, 6) is 0.613. The molecule has 0 spiro atoms. The van der Waals surface area contributed by atoms with Crippen molar-refractivity contribution in [2.24, 2.45) is 0 Å². The van der Waals surface area contributed by atoms with Gasteiger partial charge < -0.3 is 4.74 Å². The van der Waals surface area contributed by atoms with E-state index in [-0.39, 0.29) is 4.90 Å². The molecule has 0 aliphatic rings. The average molecular weight is 367 g/mol. The van der Waals surface area contributed by atoms with Crippen molar-refractivity contribution in [2.75, 3.05) is 7.11 Å². The minimum Gasteiger partial charge on any atom is -0.497 e. The third-order valence-electron chi connectivity index (χ3n) is 4.19. The monoisotopic (exact) mass is 367 g/mol. The van der Waals surface area contributed by atoms with E-state index in [0.717, 1.165) is 16.7 Å². The molecule has 0 bridgehead atoms. The van der Waals surface area contributed by atoms with Crippen molar-refractivity contribution in [3.05, 3.63) is 95.6 Å². The fourth-order valence-electron chi connectivity index (χ4n) is 2.71. The van der Waals surface area contributed by atoms with Gasteiger partial charge in [0.1, 0.15) is 5.75 Å². The average Bonchev–Trinajstić information content (AvgIpc) is 2.68. The Labute approximate surface area is 154 Å². The Morgan fingerprint density at radius 2 is 1.38 bits per heavy atom.